The first-order valence-electron chi connectivity index (χ1n) is 10.1. The van der Waals surface area contributed by atoms with Crippen LogP contribution < -0.4 is 10.2 Å². The number of nitrogens with one attached hydrogen (secondary N) is 1. The quantitative estimate of drug-likeness (QED) is 0.781. The fourth-order valence-corrected chi connectivity index (χ4v) is 5.46. The van der Waals surface area contributed by atoms with Gasteiger partial charge in [0.1, 0.15) is 0 Å². The molecule has 2 fully saturated rings. The number of hydrogen-bond donors (Lipinski definition) is 1. The molecule has 2 aliphatic heterocycles. The topological polar surface area (TPSA) is 52.7 Å². The van der Waals surface area contributed by atoms with E-state index in [9.17, 15) is 9.59 Å². The number of benzene rings is 2. The zero-order chi connectivity index (χ0) is 20.6. The third kappa shape index (κ3) is 3.73. The van der Waals surface area contributed by atoms with Gasteiger partial charge in [-0.05, 0) is 62.9 Å². The maximum absolute atomic E-state index is 12.8. The molecule has 4 rings (SSSR count). The van der Waals surface area contributed by atoms with Crippen molar-refractivity contribution in [2.24, 2.45) is 0 Å². The SMILES string of the molecule is Cc1ccc(N2C(=O)CSC23CCN(C(=O)Nc2cccc(C)c2C)CC3)cc1. The average Bonchev–Trinajstić information content (AvgIpc) is 3.02. The van der Waals surface area contributed by atoms with Crippen molar-refractivity contribution in [1.82, 2.24) is 4.90 Å². The zero-order valence-corrected chi connectivity index (χ0v) is 18.0. The Morgan fingerprint density at radius 3 is 2.41 bits per heavy atom. The lowest BCUT2D eigenvalue weighted by molar-refractivity contribution is -0.116. The molecule has 0 bridgehead atoms. The van der Waals surface area contributed by atoms with Gasteiger partial charge in [0.2, 0.25) is 5.91 Å². The number of carbonyl (C=O) groups excluding carboxylic acids is 2. The van der Waals surface area contributed by atoms with Crippen molar-refractivity contribution >= 4 is 35.1 Å². The molecule has 2 aromatic rings. The molecule has 0 atom stereocenters. The molecule has 0 unspecified atom stereocenters. The Kier molecular flexibility index (Phi) is 5.30. The molecule has 1 spiro atoms. The van der Waals surface area contributed by atoms with E-state index in [1.165, 1.54) is 5.56 Å². The summed E-state index contributed by atoms with van der Waals surface area (Å²) in [6.45, 7) is 7.39. The van der Waals surface area contributed by atoms with E-state index >= 15 is 0 Å². The number of hydrogen-bond acceptors (Lipinski definition) is 3. The number of aryl methyl sites for hydroxylation is 2. The maximum Gasteiger partial charge on any atom is 0.321 e. The Morgan fingerprint density at radius 2 is 1.72 bits per heavy atom. The van der Waals surface area contributed by atoms with Gasteiger partial charge in [0.05, 0.1) is 10.6 Å². The first kappa shape index (κ1) is 19.8. The Morgan fingerprint density at radius 1 is 1.03 bits per heavy atom. The van der Waals surface area contributed by atoms with Gasteiger partial charge < -0.3 is 10.2 Å². The van der Waals surface area contributed by atoms with Crippen LogP contribution in [0.15, 0.2) is 42.5 Å². The summed E-state index contributed by atoms with van der Waals surface area (Å²) in [7, 11) is 0. The standard InChI is InChI=1S/C23H27N3O2S/c1-16-7-9-19(10-8-16)26-21(27)15-29-23(26)11-13-25(14-12-23)22(28)24-20-6-4-5-17(2)18(20)3/h4-10H,11-15H2,1-3H3,(H,24,28). The maximum atomic E-state index is 12.8. The molecule has 2 aliphatic rings. The Hall–Kier alpha value is -2.47. The Balaban J connectivity index is 1.46. The van der Waals surface area contributed by atoms with Crippen molar-refractivity contribution < 1.29 is 9.59 Å². The lowest BCUT2D eigenvalue weighted by Gasteiger charge is -2.44. The van der Waals surface area contributed by atoms with E-state index in [1.54, 1.807) is 11.8 Å². The fraction of sp³-hybridized carbons (Fsp3) is 0.391. The third-order valence-corrected chi connectivity index (χ3v) is 7.61. The number of likely N-dealkylation sites (tertiary alicyclic amines) is 1. The fourth-order valence-electron chi connectivity index (χ4n) is 4.13. The van der Waals surface area contributed by atoms with E-state index in [1.807, 2.05) is 73.0 Å². The summed E-state index contributed by atoms with van der Waals surface area (Å²) in [5.41, 5.74) is 5.26. The van der Waals surface area contributed by atoms with Crippen molar-refractivity contribution in [3.8, 4) is 0 Å². The van der Waals surface area contributed by atoms with E-state index in [0.29, 0.717) is 18.8 Å². The van der Waals surface area contributed by atoms with E-state index in [-0.39, 0.29) is 16.8 Å². The lowest BCUT2D eigenvalue weighted by Crippen LogP contribution is -2.53. The molecule has 1 N–H and O–H groups in total. The van der Waals surface area contributed by atoms with Crippen molar-refractivity contribution in [3.63, 3.8) is 0 Å². The summed E-state index contributed by atoms with van der Waals surface area (Å²) < 4.78 is 0. The number of piperidine rings is 1. The second-order valence-electron chi connectivity index (χ2n) is 7.96. The normalized spacial score (nSPS) is 18.4. The smallest absolute Gasteiger partial charge is 0.321 e. The van der Waals surface area contributed by atoms with Crippen LogP contribution in [0.1, 0.15) is 29.5 Å². The molecular formula is C23H27N3O2S. The first-order chi connectivity index (χ1) is 13.9. The predicted octanol–water partition coefficient (Wildman–Crippen LogP) is 4.72. The molecular weight excluding hydrogens is 382 g/mol. The minimum Gasteiger partial charge on any atom is -0.324 e. The summed E-state index contributed by atoms with van der Waals surface area (Å²) in [6.07, 6.45) is 1.55. The van der Waals surface area contributed by atoms with Crippen LogP contribution in [0, 0.1) is 20.8 Å². The molecule has 0 aliphatic carbocycles. The van der Waals surface area contributed by atoms with Gasteiger partial charge in [0.15, 0.2) is 0 Å². The molecule has 0 radical (unpaired) electrons. The number of amides is 3. The van der Waals surface area contributed by atoms with E-state index in [4.69, 9.17) is 0 Å². The minimum absolute atomic E-state index is 0.0650. The molecule has 5 nitrogen and oxygen atoms in total. The van der Waals surface area contributed by atoms with Crippen LogP contribution in [-0.4, -0.2) is 40.6 Å². The van der Waals surface area contributed by atoms with Gasteiger partial charge in [0.25, 0.3) is 0 Å². The Labute approximate surface area is 176 Å². The van der Waals surface area contributed by atoms with Crippen LogP contribution in [0.3, 0.4) is 0 Å². The second-order valence-corrected chi connectivity index (χ2v) is 9.30. The number of anilines is 2. The van der Waals surface area contributed by atoms with Gasteiger partial charge in [-0.25, -0.2) is 4.79 Å². The van der Waals surface area contributed by atoms with E-state index in [0.717, 1.165) is 35.3 Å². The summed E-state index contributed by atoms with van der Waals surface area (Å²) in [5.74, 6) is 0.662. The van der Waals surface area contributed by atoms with Crippen LogP contribution in [0.4, 0.5) is 16.2 Å². The predicted molar refractivity (Wildman–Crippen MR) is 120 cm³/mol. The van der Waals surface area contributed by atoms with Gasteiger partial charge in [-0.3, -0.25) is 9.69 Å². The van der Waals surface area contributed by atoms with Crippen LogP contribution in [0.5, 0.6) is 0 Å². The summed E-state index contributed by atoms with van der Waals surface area (Å²) in [5, 5.41) is 3.06. The summed E-state index contributed by atoms with van der Waals surface area (Å²) >= 11 is 1.72. The number of carbonyl (C=O) groups is 2. The van der Waals surface area contributed by atoms with Crippen LogP contribution in [0.25, 0.3) is 0 Å². The summed E-state index contributed by atoms with van der Waals surface area (Å²) in [6, 6.07) is 14.0. The number of urea groups is 1. The van der Waals surface area contributed by atoms with Crippen molar-refractivity contribution in [2.45, 2.75) is 38.5 Å². The molecule has 29 heavy (non-hydrogen) atoms. The van der Waals surface area contributed by atoms with E-state index in [2.05, 4.69) is 5.32 Å². The first-order valence-corrected chi connectivity index (χ1v) is 11.0. The zero-order valence-electron chi connectivity index (χ0n) is 17.2. The minimum atomic E-state index is -0.248. The highest BCUT2D eigenvalue weighted by molar-refractivity contribution is 8.02. The number of rotatable bonds is 2. The van der Waals surface area contributed by atoms with Gasteiger partial charge in [0, 0.05) is 24.5 Å². The molecule has 2 heterocycles. The molecule has 3 amide bonds. The molecule has 6 heteroatoms. The largest absolute Gasteiger partial charge is 0.324 e. The van der Waals surface area contributed by atoms with Crippen LogP contribution >= 0.6 is 11.8 Å². The van der Waals surface area contributed by atoms with Crippen molar-refractivity contribution in [1.29, 1.82) is 0 Å². The van der Waals surface area contributed by atoms with Crippen molar-refractivity contribution in [3.05, 3.63) is 59.2 Å². The molecule has 0 aromatic heterocycles. The number of thioether (sulfide) groups is 1. The summed E-state index contributed by atoms with van der Waals surface area (Å²) in [4.78, 5) is 29.1. The van der Waals surface area contributed by atoms with Gasteiger partial charge in [-0.15, -0.1) is 11.8 Å². The average molecular weight is 410 g/mol. The monoisotopic (exact) mass is 409 g/mol. The van der Waals surface area contributed by atoms with E-state index < -0.39 is 0 Å². The molecule has 2 aromatic carbocycles. The highest BCUT2D eigenvalue weighted by Gasteiger charge is 2.49. The van der Waals surface area contributed by atoms with Crippen molar-refractivity contribution in [2.75, 3.05) is 29.1 Å². The van der Waals surface area contributed by atoms with Crippen LogP contribution in [-0.2, 0) is 4.79 Å². The highest BCUT2D eigenvalue weighted by Crippen LogP contribution is 2.46. The van der Waals surface area contributed by atoms with Crippen LogP contribution in [0.2, 0.25) is 0 Å². The lowest BCUT2D eigenvalue weighted by atomic mass is 10.0. The second kappa shape index (κ2) is 7.75. The highest BCUT2D eigenvalue weighted by atomic mass is 32.2. The molecule has 152 valence electrons. The number of nitrogens with zero attached hydrogens (tertiary/aromatic N) is 2. The Bertz CT molecular complexity index is 934. The third-order valence-electron chi connectivity index (χ3n) is 6.09. The van der Waals surface area contributed by atoms with Gasteiger partial charge >= 0.3 is 6.03 Å². The molecule has 2 saturated heterocycles. The van der Waals surface area contributed by atoms with Gasteiger partial charge in [-0.2, -0.15) is 0 Å². The van der Waals surface area contributed by atoms with Gasteiger partial charge in [-0.1, -0.05) is 29.8 Å². The molecule has 0 saturated carbocycles.